The van der Waals surface area contributed by atoms with Gasteiger partial charge in [-0.15, -0.1) is 0 Å². The van der Waals surface area contributed by atoms with Gasteiger partial charge < -0.3 is 5.73 Å². The predicted molar refractivity (Wildman–Crippen MR) is 124 cm³/mol. The van der Waals surface area contributed by atoms with Crippen LogP contribution in [0.2, 0.25) is 0 Å². The lowest BCUT2D eigenvalue weighted by Crippen LogP contribution is -2.42. The van der Waals surface area contributed by atoms with Crippen LogP contribution in [0.4, 0.5) is 5.69 Å². The van der Waals surface area contributed by atoms with E-state index in [4.69, 9.17) is 5.73 Å². The van der Waals surface area contributed by atoms with Crippen molar-refractivity contribution in [2.24, 2.45) is 11.1 Å². The first-order chi connectivity index (χ1) is 14.6. The fourth-order valence-corrected chi connectivity index (χ4v) is 4.98. The molecule has 0 fully saturated rings. The minimum Gasteiger partial charge on any atom is -0.384 e. The quantitative estimate of drug-likeness (QED) is 0.703. The van der Waals surface area contributed by atoms with E-state index >= 15 is 0 Å². The second kappa shape index (κ2) is 7.42. The number of rotatable bonds is 2. The van der Waals surface area contributed by atoms with Crippen molar-refractivity contribution in [3.8, 4) is 6.07 Å². The standard InChI is InChI=1S/C27H29N3O/c1-16-10-11-17(2)19(12-16)24-20(15-28)26(29)30(21-9-7-6-8-18(21)3)22-13-27(4,5)14-23(31)25(22)24/h6-12,24H,13-14,29H2,1-5H3. The van der Waals surface area contributed by atoms with Gasteiger partial charge in [0.15, 0.2) is 5.78 Å². The Labute approximate surface area is 184 Å². The van der Waals surface area contributed by atoms with Crippen LogP contribution in [-0.4, -0.2) is 5.78 Å². The van der Waals surface area contributed by atoms with E-state index in [0.717, 1.165) is 45.6 Å². The van der Waals surface area contributed by atoms with Gasteiger partial charge in [-0.3, -0.25) is 9.69 Å². The number of hydrogen-bond donors (Lipinski definition) is 1. The smallest absolute Gasteiger partial charge is 0.162 e. The summed E-state index contributed by atoms with van der Waals surface area (Å²) in [6.07, 6.45) is 1.19. The molecule has 0 aromatic heterocycles. The number of aryl methyl sites for hydroxylation is 3. The monoisotopic (exact) mass is 411 g/mol. The molecule has 4 rings (SSSR count). The number of anilines is 1. The van der Waals surface area contributed by atoms with Crippen LogP contribution in [0.5, 0.6) is 0 Å². The molecule has 31 heavy (non-hydrogen) atoms. The molecule has 0 spiro atoms. The van der Waals surface area contributed by atoms with Crippen LogP contribution >= 0.6 is 0 Å². The van der Waals surface area contributed by atoms with Crippen molar-refractivity contribution in [2.75, 3.05) is 4.90 Å². The summed E-state index contributed by atoms with van der Waals surface area (Å²) < 4.78 is 0. The Morgan fingerprint density at radius 2 is 1.77 bits per heavy atom. The van der Waals surface area contributed by atoms with E-state index in [-0.39, 0.29) is 11.2 Å². The fraction of sp³-hybridized carbons (Fsp3) is 0.333. The van der Waals surface area contributed by atoms with Crippen molar-refractivity contribution in [3.05, 3.63) is 87.4 Å². The number of nitriles is 1. The van der Waals surface area contributed by atoms with Crippen molar-refractivity contribution in [2.45, 2.75) is 53.4 Å². The SMILES string of the molecule is Cc1ccc(C)c(C2C(C#N)=C(N)N(c3ccccc3C)C3=C2C(=O)CC(C)(C)C3)c1. The third-order valence-corrected chi connectivity index (χ3v) is 6.48. The third-order valence-electron chi connectivity index (χ3n) is 6.48. The van der Waals surface area contributed by atoms with Gasteiger partial charge in [-0.1, -0.05) is 55.8 Å². The minimum atomic E-state index is -0.427. The number of Topliss-reactive ketones (excluding diaryl/α,β-unsaturated/α-hetero) is 1. The summed E-state index contributed by atoms with van der Waals surface area (Å²) in [6, 6.07) is 16.6. The molecule has 2 aromatic carbocycles. The van der Waals surface area contributed by atoms with E-state index < -0.39 is 5.92 Å². The number of ketones is 1. The maximum absolute atomic E-state index is 13.6. The Balaban J connectivity index is 2.06. The normalized spacial score (nSPS) is 20.6. The van der Waals surface area contributed by atoms with Crippen LogP contribution in [-0.2, 0) is 4.79 Å². The Hall–Kier alpha value is -3.32. The zero-order chi connectivity index (χ0) is 22.5. The number of allylic oxidation sites excluding steroid dienone is 3. The molecular weight excluding hydrogens is 382 g/mol. The van der Waals surface area contributed by atoms with Crippen molar-refractivity contribution < 1.29 is 4.79 Å². The highest BCUT2D eigenvalue weighted by molar-refractivity contribution is 6.01. The molecule has 1 heterocycles. The van der Waals surface area contributed by atoms with Crippen molar-refractivity contribution in [3.63, 3.8) is 0 Å². The molecule has 4 nitrogen and oxygen atoms in total. The Morgan fingerprint density at radius 3 is 2.45 bits per heavy atom. The van der Waals surface area contributed by atoms with Crippen LogP contribution in [0.1, 0.15) is 54.9 Å². The number of benzene rings is 2. The van der Waals surface area contributed by atoms with E-state index in [0.29, 0.717) is 17.8 Å². The van der Waals surface area contributed by atoms with Gasteiger partial charge in [0.05, 0.1) is 23.2 Å². The molecular formula is C27H29N3O. The van der Waals surface area contributed by atoms with Crippen LogP contribution in [0.3, 0.4) is 0 Å². The molecule has 4 heteroatoms. The number of hydrogen-bond acceptors (Lipinski definition) is 4. The molecule has 1 unspecified atom stereocenters. The van der Waals surface area contributed by atoms with Crippen molar-refractivity contribution in [1.82, 2.24) is 0 Å². The molecule has 1 aliphatic heterocycles. The lowest BCUT2D eigenvalue weighted by atomic mass is 9.68. The molecule has 1 aliphatic carbocycles. The first-order valence-corrected chi connectivity index (χ1v) is 10.7. The number of carbonyl (C=O) groups is 1. The van der Waals surface area contributed by atoms with E-state index in [1.165, 1.54) is 0 Å². The highest BCUT2D eigenvalue weighted by atomic mass is 16.1. The van der Waals surface area contributed by atoms with Gasteiger partial charge in [0.2, 0.25) is 0 Å². The highest BCUT2D eigenvalue weighted by Crippen LogP contribution is 2.51. The van der Waals surface area contributed by atoms with Gasteiger partial charge in [-0.2, -0.15) is 5.26 Å². The first kappa shape index (κ1) is 20.9. The molecule has 1 atom stereocenters. The Bertz CT molecular complexity index is 1190. The van der Waals surface area contributed by atoms with Crippen LogP contribution in [0.15, 0.2) is 65.1 Å². The average Bonchev–Trinajstić information content (AvgIpc) is 2.69. The summed E-state index contributed by atoms with van der Waals surface area (Å²) in [7, 11) is 0. The molecule has 0 saturated carbocycles. The summed E-state index contributed by atoms with van der Waals surface area (Å²) in [4.78, 5) is 15.6. The zero-order valence-corrected chi connectivity index (χ0v) is 18.9. The average molecular weight is 412 g/mol. The zero-order valence-electron chi connectivity index (χ0n) is 18.9. The highest BCUT2D eigenvalue weighted by Gasteiger charge is 2.45. The van der Waals surface area contributed by atoms with Gasteiger partial charge in [0.1, 0.15) is 5.82 Å². The molecule has 2 aliphatic rings. The molecule has 0 bridgehead atoms. The number of carbonyl (C=O) groups excluding carboxylic acids is 1. The molecule has 2 N–H and O–H groups in total. The van der Waals surface area contributed by atoms with Crippen LogP contribution in [0.25, 0.3) is 0 Å². The molecule has 0 saturated heterocycles. The fourth-order valence-electron chi connectivity index (χ4n) is 4.98. The minimum absolute atomic E-state index is 0.107. The predicted octanol–water partition coefficient (Wildman–Crippen LogP) is 5.55. The number of para-hydroxylation sites is 1. The van der Waals surface area contributed by atoms with Crippen molar-refractivity contribution in [1.29, 1.82) is 5.26 Å². The number of nitrogens with two attached hydrogens (primary N) is 1. The van der Waals surface area contributed by atoms with Crippen LogP contribution < -0.4 is 10.6 Å². The van der Waals surface area contributed by atoms with Gasteiger partial charge in [0.25, 0.3) is 0 Å². The van der Waals surface area contributed by atoms with E-state index in [2.05, 4.69) is 38.1 Å². The summed E-state index contributed by atoms with van der Waals surface area (Å²) in [5, 5.41) is 10.2. The summed E-state index contributed by atoms with van der Waals surface area (Å²) in [6.45, 7) is 10.3. The van der Waals surface area contributed by atoms with Gasteiger partial charge in [0, 0.05) is 17.7 Å². The second-order valence-corrected chi connectivity index (χ2v) is 9.63. The molecule has 0 radical (unpaired) electrons. The second-order valence-electron chi connectivity index (χ2n) is 9.63. The molecule has 2 aromatic rings. The van der Waals surface area contributed by atoms with E-state index in [9.17, 15) is 10.1 Å². The van der Waals surface area contributed by atoms with Gasteiger partial charge in [-0.05, 0) is 55.4 Å². The third kappa shape index (κ3) is 3.45. The van der Waals surface area contributed by atoms with Gasteiger partial charge >= 0.3 is 0 Å². The van der Waals surface area contributed by atoms with Gasteiger partial charge in [-0.25, -0.2) is 0 Å². The maximum Gasteiger partial charge on any atom is 0.162 e. The summed E-state index contributed by atoms with van der Waals surface area (Å²) >= 11 is 0. The summed E-state index contributed by atoms with van der Waals surface area (Å²) in [5.74, 6) is 0.103. The van der Waals surface area contributed by atoms with Crippen LogP contribution in [0, 0.1) is 37.5 Å². The molecule has 0 amide bonds. The number of nitrogens with zero attached hydrogens (tertiary/aromatic N) is 2. The Kier molecular flexibility index (Phi) is 5.01. The van der Waals surface area contributed by atoms with E-state index in [1.54, 1.807) is 0 Å². The largest absolute Gasteiger partial charge is 0.384 e. The maximum atomic E-state index is 13.6. The first-order valence-electron chi connectivity index (χ1n) is 10.7. The summed E-state index contributed by atoms with van der Waals surface area (Å²) in [5.41, 5.74) is 13.8. The molecule has 158 valence electrons. The topological polar surface area (TPSA) is 70.1 Å². The van der Waals surface area contributed by atoms with Crippen molar-refractivity contribution >= 4 is 11.5 Å². The lowest BCUT2D eigenvalue weighted by Gasteiger charge is -2.44. The van der Waals surface area contributed by atoms with E-state index in [1.807, 2.05) is 49.9 Å². The Morgan fingerprint density at radius 1 is 1.06 bits per heavy atom. The lowest BCUT2D eigenvalue weighted by molar-refractivity contribution is -0.118.